The van der Waals surface area contributed by atoms with Crippen LogP contribution >= 0.6 is 11.6 Å². The van der Waals surface area contributed by atoms with Crippen molar-refractivity contribution < 1.29 is 28.2 Å². The van der Waals surface area contributed by atoms with Crippen LogP contribution in [0.2, 0.25) is 5.02 Å². The molecule has 0 saturated carbocycles. The highest BCUT2D eigenvalue weighted by atomic mass is 35.5. The quantitative estimate of drug-likeness (QED) is 0.252. The van der Waals surface area contributed by atoms with Gasteiger partial charge in [-0.2, -0.15) is 0 Å². The van der Waals surface area contributed by atoms with E-state index in [1.54, 1.807) is 48.5 Å². The number of ether oxygens (including phenoxy) is 3. The summed E-state index contributed by atoms with van der Waals surface area (Å²) in [5, 5.41) is 6.09. The molecular weight excluding hydrogens is 526 g/mol. The number of nitrogens with one attached hydrogen (secondary N) is 2. The number of carbonyl (C=O) groups is 2. The number of nitrogens with two attached hydrogens (primary N) is 1. The summed E-state index contributed by atoms with van der Waals surface area (Å²) in [5.74, 6) is 0.158. The van der Waals surface area contributed by atoms with Crippen molar-refractivity contribution in [2.45, 2.75) is 0 Å². The second-order valence-corrected chi connectivity index (χ2v) is 8.67. The Balaban J connectivity index is 1.69. The summed E-state index contributed by atoms with van der Waals surface area (Å²) < 4.78 is 22.8. The zero-order valence-electron chi connectivity index (χ0n) is 21.2. The number of hydrogen-bond donors (Lipinski definition) is 3. The summed E-state index contributed by atoms with van der Waals surface area (Å²) in [6, 6.07) is 16.3. The summed E-state index contributed by atoms with van der Waals surface area (Å²) in [5.41, 5.74) is 6.55. The first kappa shape index (κ1) is 27.5. The molecule has 4 aromatic rings. The number of carbonyl (C=O) groups excluding carboxylic acids is 2. The summed E-state index contributed by atoms with van der Waals surface area (Å²) in [7, 11) is 2.86. The van der Waals surface area contributed by atoms with Gasteiger partial charge in [-0.25, -0.2) is 0 Å². The molecule has 0 aliphatic rings. The highest BCUT2D eigenvalue weighted by Gasteiger charge is 2.22. The van der Waals surface area contributed by atoms with Gasteiger partial charge in [0.25, 0.3) is 5.91 Å². The predicted octanol–water partition coefficient (Wildman–Crippen LogP) is 3.84. The Hall–Kier alpha value is -4.54. The second-order valence-electron chi connectivity index (χ2n) is 8.23. The lowest BCUT2D eigenvalue weighted by Crippen LogP contribution is -2.33. The summed E-state index contributed by atoms with van der Waals surface area (Å²) in [6.07, 6.45) is 0. The molecule has 0 spiro atoms. The molecule has 4 rings (SSSR count). The van der Waals surface area contributed by atoms with Crippen molar-refractivity contribution in [3.05, 3.63) is 81.5 Å². The molecule has 0 aliphatic carbocycles. The van der Waals surface area contributed by atoms with Crippen molar-refractivity contribution >= 4 is 40.1 Å². The van der Waals surface area contributed by atoms with Crippen LogP contribution in [0.4, 0.5) is 5.69 Å². The van der Waals surface area contributed by atoms with Crippen LogP contribution in [0, 0.1) is 0 Å². The fourth-order valence-electron chi connectivity index (χ4n) is 3.84. The van der Waals surface area contributed by atoms with Gasteiger partial charge >= 0.3 is 0 Å². The van der Waals surface area contributed by atoms with Crippen LogP contribution in [0.25, 0.3) is 22.3 Å². The maximum Gasteiger partial charge on any atom is 0.255 e. The molecule has 0 fully saturated rings. The minimum absolute atomic E-state index is 0.0380. The van der Waals surface area contributed by atoms with Crippen molar-refractivity contribution in [3.8, 4) is 28.6 Å². The zero-order valence-corrected chi connectivity index (χ0v) is 22.0. The molecular formula is C28H26ClN3O7. The second kappa shape index (κ2) is 12.3. The van der Waals surface area contributed by atoms with E-state index in [0.717, 1.165) is 0 Å². The molecule has 202 valence electrons. The molecule has 0 bridgehead atoms. The van der Waals surface area contributed by atoms with Gasteiger partial charge in [-0.3, -0.25) is 14.4 Å². The molecule has 0 atom stereocenters. The minimum atomic E-state index is -0.399. The Bertz CT molecular complexity index is 1570. The van der Waals surface area contributed by atoms with Crippen LogP contribution in [-0.4, -0.2) is 45.7 Å². The number of fused-ring (bicyclic) bond motifs is 1. The number of amides is 2. The maximum absolute atomic E-state index is 13.3. The van der Waals surface area contributed by atoms with Gasteiger partial charge in [0.1, 0.15) is 23.3 Å². The molecule has 2 amide bonds. The normalized spacial score (nSPS) is 10.7. The van der Waals surface area contributed by atoms with E-state index in [-0.39, 0.29) is 65.5 Å². The van der Waals surface area contributed by atoms with Crippen LogP contribution in [-0.2, 0) is 4.79 Å². The first-order valence-electron chi connectivity index (χ1n) is 11.8. The molecule has 3 aromatic carbocycles. The summed E-state index contributed by atoms with van der Waals surface area (Å²) >= 11 is 5.91. The molecule has 0 saturated heterocycles. The number of rotatable bonds is 10. The van der Waals surface area contributed by atoms with E-state index in [4.69, 9.17) is 36.0 Å². The highest BCUT2D eigenvalue weighted by Crippen LogP contribution is 2.43. The van der Waals surface area contributed by atoms with Crippen molar-refractivity contribution in [2.75, 3.05) is 39.2 Å². The van der Waals surface area contributed by atoms with Gasteiger partial charge in [0.05, 0.1) is 27.3 Å². The molecule has 1 heterocycles. The molecule has 0 radical (unpaired) electrons. The van der Waals surface area contributed by atoms with Crippen molar-refractivity contribution in [1.29, 1.82) is 0 Å². The number of benzene rings is 3. The lowest BCUT2D eigenvalue weighted by Gasteiger charge is -2.16. The lowest BCUT2D eigenvalue weighted by atomic mass is 10.1. The predicted molar refractivity (Wildman–Crippen MR) is 148 cm³/mol. The average molecular weight is 552 g/mol. The Morgan fingerprint density at radius 1 is 1.00 bits per heavy atom. The third kappa shape index (κ3) is 6.31. The SMILES string of the molecule is COc1cc2oc(-c3cccc(C(=O)Nc4ccc(Cl)cc4)c3)cc(=O)c2c(OCCNC(=O)CN)c1OC. The average Bonchev–Trinajstić information content (AvgIpc) is 2.95. The molecule has 0 unspecified atom stereocenters. The van der Waals surface area contributed by atoms with E-state index < -0.39 is 5.43 Å². The summed E-state index contributed by atoms with van der Waals surface area (Å²) in [6.45, 7) is 0.0459. The molecule has 10 nitrogen and oxygen atoms in total. The van der Waals surface area contributed by atoms with E-state index in [9.17, 15) is 14.4 Å². The van der Waals surface area contributed by atoms with Crippen molar-refractivity contribution in [2.24, 2.45) is 5.73 Å². The van der Waals surface area contributed by atoms with Crippen molar-refractivity contribution in [1.82, 2.24) is 5.32 Å². The van der Waals surface area contributed by atoms with Gasteiger partial charge in [0, 0.05) is 34.0 Å². The Morgan fingerprint density at radius 2 is 1.77 bits per heavy atom. The topological polar surface area (TPSA) is 142 Å². The Morgan fingerprint density at radius 3 is 2.46 bits per heavy atom. The smallest absolute Gasteiger partial charge is 0.255 e. The van der Waals surface area contributed by atoms with Crippen LogP contribution in [0.1, 0.15) is 10.4 Å². The van der Waals surface area contributed by atoms with Gasteiger partial charge in [0.2, 0.25) is 11.7 Å². The van der Waals surface area contributed by atoms with Crippen LogP contribution in [0.3, 0.4) is 0 Å². The van der Waals surface area contributed by atoms with Gasteiger partial charge in [-0.15, -0.1) is 0 Å². The van der Waals surface area contributed by atoms with Gasteiger partial charge in [-0.05, 0) is 36.4 Å². The van der Waals surface area contributed by atoms with Crippen LogP contribution < -0.4 is 36.0 Å². The molecule has 39 heavy (non-hydrogen) atoms. The fourth-order valence-corrected chi connectivity index (χ4v) is 3.96. The zero-order chi connectivity index (χ0) is 27.9. The first-order chi connectivity index (χ1) is 18.8. The van der Waals surface area contributed by atoms with E-state index in [0.29, 0.717) is 21.8 Å². The number of hydrogen-bond acceptors (Lipinski definition) is 8. The van der Waals surface area contributed by atoms with E-state index >= 15 is 0 Å². The lowest BCUT2D eigenvalue weighted by molar-refractivity contribution is -0.119. The van der Waals surface area contributed by atoms with Gasteiger partial charge in [0.15, 0.2) is 16.9 Å². The Labute approximate surface area is 228 Å². The standard InChI is InChI=1S/C28H26ClN3O7/c1-36-23-14-22-25(27(26(23)37-2)38-11-10-31-24(34)15-30)20(33)13-21(39-22)16-4-3-5-17(12-16)28(35)32-19-8-6-18(29)7-9-19/h3-9,12-14H,10-11,15,30H2,1-2H3,(H,31,34)(H,32,35). The number of anilines is 1. The Kier molecular flexibility index (Phi) is 8.70. The summed E-state index contributed by atoms with van der Waals surface area (Å²) in [4.78, 5) is 37.6. The maximum atomic E-state index is 13.3. The molecule has 1 aromatic heterocycles. The van der Waals surface area contributed by atoms with E-state index in [1.807, 2.05) is 0 Å². The van der Waals surface area contributed by atoms with E-state index in [1.165, 1.54) is 26.4 Å². The first-order valence-corrected chi connectivity index (χ1v) is 12.2. The van der Waals surface area contributed by atoms with Gasteiger partial charge in [-0.1, -0.05) is 23.7 Å². The third-order valence-corrected chi connectivity index (χ3v) is 5.94. The minimum Gasteiger partial charge on any atom is -0.493 e. The highest BCUT2D eigenvalue weighted by molar-refractivity contribution is 6.30. The van der Waals surface area contributed by atoms with Crippen molar-refractivity contribution in [3.63, 3.8) is 0 Å². The van der Waals surface area contributed by atoms with Crippen LogP contribution in [0.15, 0.2) is 69.9 Å². The molecule has 4 N–H and O–H groups in total. The number of halogens is 1. The third-order valence-electron chi connectivity index (χ3n) is 5.69. The van der Waals surface area contributed by atoms with Gasteiger partial charge < -0.3 is 35.0 Å². The molecule has 0 aliphatic heterocycles. The van der Waals surface area contributed by atoms with E-state index in [2.05, 4.69) is 10.6 Å². The number of methoxy groups -OCH3 is 2. The fraction of sp³-hybridized carbons (Fsp3) is 0.179. The monoisotopic (exact) mass is 551 g/mol. The molecule has 11 heteroatoms. The largest absolute Gasteiger partial charge is 0.493 e. The van der Waals surface area contributed by atoms with Crippen LogP contribution in [0.5, 0.6) is 17.2 Å².